The van der Waals surface area contributed by atoms with Gasteiger partial charge >= 0.3 is 0 Å². The van der Waals surface area contributed by atoms with Crippen LogP contribution in [0, 0.1) is 12.3 Å². The molecule has 3 N–H and O–H groups in total. The minimum Gasteiger partial charge on any atom is -0.347 e. The van der Waals surface area contributed by atoms with E-state index in [0.717, 1.165) is 30.7 Å². The molecule has 0 radical (unpaired) electrons. The van der Waals surface area contributed by atoms with Crippen LogP contribution in [0.4, 0.5) is 0 Å². The van der Waals surface area contributed by atoms with E-state index in [0.29, 0.717) is 6.54 Å². The van der Waals surface area contributed by atoms with Crippen molar-refractivity contribution in [2.75, 3.05) is 6.54 Å². The quantitative estimate of drug-likeness (QED) is 0.839. The van der Waals surface area contributed by atoms with E-state index in [9.17, 15) is 4.79 Å². The number of thiazole rings is 1. The molecule has 0 aliphatic heterocycles. The van der Waals surface area contributed by atoms with Crippen molar-refractivity contribution in [3.8, 4) is 0 Å². The molecule has 1 atom stereocenters. The maximum atomic E-state index is 12.7. The SMILES string of the molecule is Cc1cnc(C(C)NC(=O)C2(CN)CCCCCC2)s1. The Hall–Kier alpha value is -0.940. The van der Waals surface area contributed by atoms with Gasteiger partial charge in [-0.15, -0.1) is 11.3 Å². The molecule has 1 aliphatic rings. The Morgan fingerprint density at radius 2 is 2.10 bits per heavy atom. The Kier molecular flexibility index (Phi) is 5.16. The van der Waals surface area contributed by atoms with E-state index in [2.05, 4.69) is 10.3 Å². The van der Waals surface area contributed by atoms with Crippen LogP contribution in [0.2, 0.25) is 0 Å². The summed E-state index contributed by atoms with van der Waals surface area (Å²) in [6.45, 7) is 4.47. The summed E-state index contributed by atoms with van der Waals surface area (Å²) in [5, 5.41) is 4.10. The molecule has 4 nitrogen and oxygen atoms in total. The van der Waals surface area contributed by atoms with E-state index in [1.807, 2.05) is 20.0 Å². The predicted molar refractivity (Wildman–Crippen MR) is 82.6 cm³/mol. The third-order valence-corrected chi connectivity index (χ3v) is 5.39. The molecule has 0 saturated heterocycles. The van der Waals surface area contributed by atoms with Crippen molar-refractivity contribution in [3.63, 3.8) is 0 Å². The first-order chi connectivity index (χ1) is 9.57. The van der Waals surface area contributed by atoms with E-state index >= 15 is 0 Å². The average Bonchev–Trinajstić information content (AvgIpc) is 2.73. The number of nitrogens with two attached hydrogens (primary N) is 1. The van der Waals surface area contributed by atoms with Crippen LogP contribution in [0.5, 0.6) is 0 Å². The van der Waals surface area contributed by atoms with Crippen molar-refractivity contribution in [3.05, 3.63) is 16.1 Å². The minimum atomic E-state index is -0.364. The van der Waals surface area contributed by atoms with Gasteiger partial charge in [0.05, 0.1) is 11.5 Å². The number of nitrogens with zero attached hydrogens (tertiary/aromatic N) is 1. The molecular formula is C15H25N3OS. The molecule has 20 heavy (non-hydrogen) atoms. The fraction of sp³-hybridized carbons (Fsp3) is 0.733. The fourth-order valence-corrected chi connectivity index (χ4v) is 3.69. The van der Waals surface area contributed by atoms with Crippen LogP contribution in [-0.4, -0.2) is 17.4 Å². The largest absolute Gasteiger partial charge is 0.347 e. The summed E-state index contributed by atoms with van der Waals surface area (Å²) in [6.07, 6.45) is 8.34. The van der Waals surface area contributed by atoms with Gasteiger partial charge in [-0.2, -0.15) is 0 Å². The lowest BCUT2D eigenvalue weighted by Crippen LogP contribution is -2.46. The molecule has 1 aromatic rings. The average molecular weight is 295 g/mol. The number of hydrogen-bond acceptors (Lipinski definition) is 4. The molecule has 0 bridgehead atoms. The number of hydrogen-bond donors (Lipinski definition) is 2. The molecule has 0 aromatic carbocycles. The van der Waals surface area contributed by atoms with Gasteiger partial charge in [-0.05, 0) is 26.7 Å². The van der Waals surface area contributed by atoms with Crippen molar-refractivity contribution in [2.24, 2.45) is 11.1 Å². The lowest BCUT2D eigenvalue weighted by atomic mass is 9.79. The van der Waals surface area contributed by atoms with Crippen LogP contribution in [-0.2, 0) is 4.79 Å². The van der Waals surface area contributed by atoms with Crippen LogP contribution < -0.4 is 11.1 Å². The zero-order chi connectivity index (χ0) is 14.6. The second-order valence-corrected chi connectivity index (χ2v) is 7.17. The van der Waals surface area contributed by atoms with E-state index in [1.54, 1.807) is 11.3 Å². The molecule has 1 heterocycles. The molecule has 0 spiro atoms. The number of carbonyl (C=O) groups is 1. The lowest BCUT2D eigenvalue weighted by molar-refractivity contribution is -0.132. The Morgan fingerprint density at radius 3 is 2.60 bits per heavy atom. The van der Waals surface area contributed by atoms with Gasteiger partial charge in [0.2, 0.25) is 5.91 Å². The molecule has 1 saturated carbocycles. The second kappa shape index (κ2) is 6.68. The van der Waals surface area contributed by atoms with Gasteiger partial charge in [-0.25, -0.2) is 4.98 Å². The van der Waals surface area contributed by atoms with Gasteiger partial charge in [0.25, 0.3) is 0 Å². The van der Waals surface area contributed by atoms with Crippen LogP contribution in [0.1, 0.15) is 61.4 Å². The summed E-state index contributed by atoms with van der Waals surface area (Å²) in [4.78, 5) is 18.2. The van der Waals surface area contributed by atoms with Gasteiger partial charge in [0.1, 0.15) is 5.01 Å². The molecule has 5 heteroatoms. The molecule has 1 fully saturated rings. The number of amides is 1. The number of aromatic nitrogens is 1. The standard InChI is InChI=1S/C15H25N3OS/c1-11-9-17-13(20-11)12(2)18-14(19)15(10-16)7-5-3-4-6-8-15/h9,12H,3-8,10,16H2,1-2H3,(H,18,19). The Bertz CT molecular complexity index is 450. The highest BCUT2D eigenvalue weighted by molar-refractivity contribution is 7.11. The Labute approximate surface area is 125 Å². The topological polar surface area (TPSA) is 68.0 Å². The molecule has 2 rings (SSSR count). The fourth-order valence-electron chi connectivity index (χ4n) is 2.91. The zero-order valence-electron chi connectivity index (χ0n) is 12.4. The lowest BCUT2D eigenvalue weighted by Gasteiger charge is -2.31. The number of aryl methyl sites for hydroxylation is 1. The highest BCUT2D eigenvalue weighted by Gasteiger charge is 2.37. The summed E-state index contributed by atoms with van der Waals surface area (Å²) in [7, 11) is 0. The van der Waals surface area contributed by atoms with Gasteiger partial charge in [0.15, 0.2) is 0 Å². The van der Waals surface area contributed by atoms with Crippen molar-refractivity contribution in [1.29, 1.82) is 0 Å². The molecule has 1 unspecified atom stereocenters. The highest BCUT2D eigenvalue weighted by Crippen LogP contribution is 2.35. The zero-order valence-corrected chi connectivity index (χ0v) is 13.3. The molecular weight excluding hydrogens is 270 g/mol. The van der Waals surface area contributed by atoms with Crippen LogP contribution >= 0.6 is 11.3 Å². The molecule has 1 amide bonds. The van der Waals surface area contributed by atoms with Crippen LogP contribution in [0.25, 0.3) is 0 Å². The third-order valence-electron chi connectivity index (χ3n) is 4.29. The third kappa shape index (κ3) is 3.38. The van der Waals surface area contributed by atoms with Crippen molar-refractivity contribution >= 4 is 17.2 Å². The first-order valence-corrected chi connectivity index (χ1v) is 8.32. The summed E-state index contributed by atoms with van der Waals surface area (Å²) < 4.78 is 0. The van der Waals surface area contributed by atoms with E-state index < -0.39 is 0 Å². The molecule has 1 aliphatic carbocycles. The van der Waals surface area contributed by atoms with E-state index in [-0.39, 0.29) is 17.4 Å². The Balaban J connectivity index is 2.05. The summed E-state index contributed by atoms with van der Waals surface area (Å²) in [5.41, 5.74) is 5.59. The van der Waals surface area contributed by atoms with Gasteiger partial charge in [-0.3, -0.25) is 4.79 Å². The monoisotopic (exact) mass is 295 g/mol. The van der Waals surface area contributed by atoms with Crippen molar-refractivity contribution in [2.45, 2.75) is 58.4 Å². The maximum absolute atomic E-state index is 12.7. The molecule has 112 valence electrons. The summed E-state index contributed by atoms with van der Waals surface area (Å²) >= 11 is 1.64. The van der Waals surface area contributed by atoms with Crippen molar-refractivity contribution < 1.29 is 4.79 Å². The summed E-state index contributed by atoms with van der Waals surface area (Å²) in [6, 6.07) is -0.0344. The van der Waals surface area contributed by atoms with Crippen LogP contribution in [0.3, 0.4) is 0 Å². The number of carbonyl (C=O) groups excluding carboxylic acids is 1. The van der Waals surface area contributed by atoms with Crippen molar-refractivity contribution in [1.82, 2.24) is 10.3 Å². The van der Waals surface area contributed by atoms with Gasteiger partial charge in [0, 0.05) is 17.6 Å². The van der Waals surface area contributed by atoms with E-state index in [1.165, 1.54) is 17.7 Å². The highest BCUT2D eigenvalue weighted by atomic mass is 32.1. The smallest absolute Gasteiger partial charge is 0.228 e. The Morgan fingerprint density at radius 1 is 1.45 bits per heavy atom. The maximum Gasteiger partial charge on any atom is 0.228 e. The first kappa shape index (κ1) is 15.4. The second-order valence-electron chi connectivity index (χ2n) is 5.90. The van der Waals surface area contributed by atoms with Gasteiger partial charge in [-0.1, -0.05) is 25.7 Å². The van der Waals surface area contributed by atoms with Crippen LogP contribution in [0.15, 0.2) is 6.20 Å². The minimum absolute atomic E-state index is 0.0344. The van der Waals surface area contributed by atoms with E-state index in [4.69, 9.17) is 5.73 Å². The normalized spacial score (nSPS) is 20.1. The first-order valence-electron chi connectivity index (χ1n) is 7.51. The summed E-state index contributed by atoms with van der Waals surface area (Å²) in [5.74, 6) is 0.113. The van der Waals surface area contributed by atoms with Gasteiger partial charge < -0.3 is 11.1 Å². The number of rotatable bonds is 4. The number of nitrogens with one attached hydrogen (secondary N) is 1. The predicted octanol–water partition coefficient (Wildman–Crippen LogP) is 2.93. The molecule has 1 aromatic heterocycles.